The molecule has 0 spiro atoms. The predicted molar refractivity (Wildman–Crippen MR) is 81.7 cm³/mol. The number of thiophene rings is 1. The molecule has 1 aliphatic heterocycles. The normalized spacial score (nSPS) is 21.9. The molecule has 2 heterocycles. The Morgan fingerprint density at radius 1 is 1.20 bits per heavy atom. The number of nitrogens with zero attached hydrogens (tertiary/aromatic N) is 1. The fourth-order valence-electron chi connectivity index (χ4n) is 2.41. The summed E-state index contributed by atoms with van der Waals surface area (Å²) < 4.78 is 18.5. The Bertz CT molecular complexity index is 605. The van der Waals surface area contributed by atoms with Crippen molar-refractivity contribution in [2.45, 2.75) is 25.1 Å². The van der Waals surface area contributed by atoms with Gasteiger partial charge in [0.25, 0.3) is 0 Å². The molecule has 0 amide bonds. The minimum absolute atomic E-state index is 0.263. The number of ether oxygens (including phenoxy) is 1. The first-order valence-electron chi connectivity index (χ1n) is 6.66. The van der Waals surface area contributed by atoms with E-state index < -0.39 is 6.30 Å². The summed E-state index contributed by atoms with van der Waals surface area (Å²) >= 11 is 1.74. The number of hydrogen-bond donors (Lipinski definition) is 0. The second kappa shape index (κ2) is 5.75. The highest BCUT2D eigenvalue weighted by Gasteiger charge is 2.21. The molecule has 0 saturated heterocycles. The lowest BCUT2D eigenvalue weighted by Crippen LogP contribution is -2.11. The fraction of sp³-hybridized carbons (Fsp3) is 0.312. The zero-order chi connectivity index (χ0) is 13.9. The third-order valence-electron chi connectivity index (χ3n) is 3.54. The first-order chi connectivity index (χ1) is 9.76. The summed E-state index contributed by atoms with van der Waals surface area (Å²) in [4.78, 5) is 6.24. The van der Waals surface area contributed by atoms with E-state index in [1.54, 1.807) is 24.7 Å². The number of aliphatic imine (C=N–C) groups is 1. The molecule has 3 rings (SSSR count). The van der Waals surface area contributed by atoms with Crippen molar-refractivity contribution >= 4 is 17.6 Å². The summed E-state index contributed by atoms with van der Waals surface area (Å²) in [5, 5.41) is 0. The highest BCUT2D eigenvalue weighted by Crippen LogP contribution is 2.37. The SMILES string of the molecule is COc1ccc(-c2ccc(C3CC=NC(F)C3)s2)cc1. The Hall–Kier alpha value is -1.68. The Labute approximate surface area is 121 Å². The van der Waals surface area contributed by atoms with Crippen LogP contribution in [0.4, 0.5) is 4.39 Å². The highest BCUT2D eigenvalue weighted by molar-refractivity contribution is 7.15. The molecule has 1 aliphatic rings. The molecule has 0 fully saturated rings. The number of rotatable bonds is 3. The second-order valence-corrected chi connectivity index (χ2v) is 5.98. The van der Waals surface area contributed by atoms with Crippen molar-refractivity contribution in [2.75, 3.05) is 7.11 Å². The van der Waals surface area contributed by atoms with Crippen molar-refractivity contribution in [2.24, 2.45) is 4.99 Å². The largest absolute Gasteiger partial charge is 0.497 e. The summed E-state index contributed by atoms with van der Waals surface area (Å²) in [7, 11) is 1.66. The minimum Gasteiger partial charge on any atom is -0.497 e. The number of halogens is 1. The molecular weight excluding hydrogens is 273 g/mol. The molecule has 4 heteroatoms. The van der Waals surface area contributed by atoms with E-state index in [1.165, 1.54) is 15.3 Å². The summed E-state index contributed by atoms with van der Waals surface area (Å²) in [6.45, 7) is 0. The molecule has 0 radical (unpaired) electrons. The Morgan fingerprint density at radius 3 is 2.70 bits per heavy atom. The van der Waals surface area contributed by atoms with E-state index in [0.29, 0.717) is 6.42 Å². The summed E-state index contributed by atoms with van der Waals surface area (Å²) in [5.74, 6) is 1.12. The van der Waals surface area contributed by atoms with Crippen LogP contribution in [-0.4, -0.2) is 19.6 Å². The molecule has 1 aromatic carbocycles. The van der Waals surface area contributed by atoms with Gasteiger partial charge in [0.05, 0.1) is 7.11 Å². The van der Waals surface area contributed by atoms with E-state index in [4.69, 9.17) is 4.74 Å². The van der Waals surface area contributed by atoms with Crippen LogP contribution in [-0.2, 0) is 0 Å². The monoisotopic (exact) mass is 289 g/mol. The zero-order valence-corrected chi connectivity index (χ0v) is 12.1. The quantitative estimate of drug-likeness (QED) is 0.753. The van der Waals surface area contributed by atoms with Crippen LogP contribution in [0.3, 0.4) is 0 Å². The van der Waals surface area contributed by atoms with E-state index in [1.807, 2.05) is 12.1 Å². The molecule has 0 bridgehead atoms. The maximum absolute atomic E-state index is 13.3. The molecule has 2 unspecified atom stereocenters. The van der Waals surface area contributed by atoms with Gasteiger partial charge in [0.2, 0.25) is 0 Å². The number of hydrogen-bond acceptors (Lipinski definition) is 3. The standard InChI is InChI=1S/C16H16FNOS/c1-19-13-4-2-11(3-5-13)14-6-7-15(20-14)12-8-9-18-16(17)10-12/h2-7,9,12,16H,8,10H2,1H3. The molecule has 0 saturated carbocycles. The molecule has 0 N–H and O–H groups in total. The van der Waals surface area contributed by atoms with Gasteiger partial charge in [-0.3, -0.25) is 4.99 Å². The van der Waals surface area contributed by atoms with Gasteiger partial charge in [0.15, 0.2) is 6.30 Å². The van der Waals surface area contributed by atoms with Crippen LogP contribution in [0.15, 0.2) is 41.4 Å². The Balaban J connectivity index is 1.80. The lowest BCUT2D eigenvalue weighted by molar-refractivity contribution is 0.300. The molecule has 1 aromatic heterocycles. The first-order valence-corrected chi connectivity index (χ1v) is 7.48. The second-order valence-electron chi connectivity index (χ2n) is 4.86. The minimum atomic E-state index is -1.04. The van der Waals surface area contributed by atoms with Gasteiger partial charge < -0.3 is 4.74 Å². The molecule has 20 heavy (non-hydrogen) atoms. The maximum Gasteiger partial charge on any atom is 0.190 e. The molecule has 2 nitrogen and oxygen atoms in total. The average molecular weight is 289 g/mol. The van der Waals surface area contributed by atoms with E-state index in [-0.39, 0.29) is 5.92 Å². The van der Waals surface area contributed by atoms with E-state index >= 15 is 0 Å². The van der Waals surface area contributed by atoms with E-state index in [0.717, 1.165) is 12.2 Å². The van der Waals surface area contributed by atoms with Crippen LogP contribution >= 0.6 is 11.3 Å². The summed E-state index contributed by atoms with van der Waals surface area (Å²) in [6, 6.07) is 12.2. The summed E-state index contributed by atoms with van der Waals surface area (Å²) in [5.41, 5.74) is 1.17. The molecule has 0 aliphatic carbocycles. The van der Waals surface area contributed by atoms with E-state index in [9.17, 15) is 4.39 Å². The van der Waals surface area contributed by atoms with Crippen LogP contribution in [0.2, 0.25) is 0 Å². The van der Waals surface area contributed by atoms with Gasteiger partial charge in [-0.1, -0.05) is 0 Å². The van der Waals surface area contributed by atoms with Gasteiger partial charge in [-0.25, -0.2) is 4.39 Å². The lowest BCUT2D eigenvalue weighted by Gasteiger charge is -2.18. The van der Waals surface area contributed by atoms with Gasteiger partial charge in [-0.05, 0) is 48.4 Å². The van der Waals surface area contributed by atoms with Gasteiger partial charge in [-0.2, -0.15) is 0 Å². The smallest absolute Gasteiger partial charge is 0.190 e. The highest BCUT2D eigenvalue weighted by atomic mass is 32.1. The predicted octanol–water partition coefficient (Wildman–Crippen LogP) is 4.67. The van der Waals surface area contributed by atoms with Crippen LogP contribution in [0, 0.1) is 0 Å². The van der Waals surface area contributed by atoms with Crippen molar-refractivity contribution in [3.8, 4) is 16.2 Å². The Kier molecular flexibility index (Phi) is 3.83. The van der Waals surface area contributed by atoms with Crippen molar-refractivity contribution in [3.05, 3.63) is 41.3 Å². The number of benzene rings is 1. The maximum atomic E-state index is 13.3. The van der Waals surface area contributed by atoms with Gasteiger partial charge >= 0.3 is 0 Å². The molecule has 2 atom stereocenters. The fourth-order valence-corrected chi connectivity index (χ4v) is 3.55. The third kappa shape index (κ3) is 2.75. The van der Waals surface area contributed by atoms with Gasteiger partial charge in [0, 0.05) is 28.3 Å². The lowest BCUT2D eigenvalue weighted by atomic mass is 9.97. The zero-order valence-electron chi connectivity index (χ0n) is 11.3. The van der Waals surface area contributed by atoms with Crippen LogP contribution in [0.5, 0.6) is 5.75 Å². The number of alkyl halides is 1. The number of methoxy groups -OCH3 is 1. The average Bonchev–Trinajstić information content (AvgIpc) is 2.97. The topological polar surface area (TPSA) is 21.6 Å². The molecular formula is C16H16FNOS. The van der Waals surface area contributed by atoms with Crippen LogP contribution < -0.4 is 4.74 Å². The van der Waals surface area contributed by atoms with Crippen molar-refractivity contribution in [1.82, 2.24) is 0 Å². The van der Waals surface area contributed by atoms with Gasteiger partial charge in [0.1, 0.15) is 5.75 Å². The van der Waals surface area contributed by atoms with Crippen LogP contribution in [0.25, 0.3) is 10.4 Å². The third-order valence-corrected chi connectivity index (χ3v) is 4.84. The van der Waals surface area contributed by atoms with Gasteiger partial charge in [-0.15, -0.1) is 11.3 Å². The summed E-state index contributed by atoms with van der Waals surface area (Å²) in [6.07, 6.45) is 2.01. The van der Waals surface area contributed by atoms with Crippen molar-refractivity contribution in [1.29, 1.82) is 0 Å². The van der Waals surface area contributed by atoms with E-state index in [2.05, 4.69) is 29.3 Å². The van der Waals surface area contributed by atoms with Crippen molar-refractivity contribution in [3.63, 3.8) is 0 Å². The molecule has 2 aromatic rings. The first kappa shape index (κ1) is 13.3. The Morgan fingerprint density at radius 2 is 2.00 bits per heavy atom. The van der Waals surface area contributed by atoms with Crippen LogP contribution in [0.1, 0.15) is 23.6 Å². The molecule has 104 valence electrons. The van der Waals surface area contributed by atoms with Crippen molar-refractivity contribution < 1.29 is 9.13 Å².